The lowest BCUT2D eigenvalue weighted by molar-refractivity contribution is -0.122. The largest absolute Gasteiger partial charge is 0.507 e. The summed E-state index contributed by atoms with van der Waals surface area (Å²) < 4.78 is 14.4. The number of carbonyl (C=O) groups excluding carboxylic acids is 2. The monoisotopic (exact) mass is 851 g/mol. The average Bonchev–Trinajstić information content (AvgIpc) is 3.84. The maximum absolute atomic E-state index is 14.7. The standard InChI is InChI=1S/C54H53N3O5Si/c1-54(2,3)63(43-20-9-5-10-21-43,44-22-11-6-12-23-44)62-35-39-34-45-51(53(60)57(52(45)59)42-29-27-41(28-30-42)56-40-18-7-4-8-19-40)46-36-61-49(50(39)46)31-26-37(47-24-15-16-32-55-47)33-38-17-13-14-25-48(38)58/h4-25,27-30,32-33,45-46,49,51,56,58H,26,31,34-36H2,1-3H3/b37-33-/t45-,46+,49-,51-/m1/s1. The van der Waals surface area contributed by atoms with E-state index in [0.29, 0.717) is 43.7 Å². The van der Waals surface area contributed by atoms with Crippen LogP contribution in [-0.4, -0.2) is 49.5 Å². The number of amides is 2. The molecule has 1 aromatic heterocycles. The van der Waals surface area contributed by atoms with Gasteiger partial charge in [0.2, 0.25) is 11.8 Å². The van der Waals surface area contributed by atoms with E-state index in [9.17, 15) is 14.7 Å². The molecule has 2 amide bonds. The Kier molecular flexibility index (Phi) is 11.8. The number of benzene rings is 5. The topological polar surface area (TPSA) is 101 Å². The first-order valence-electron chi connectivity index (χ1n) is 21.9. The minimum absolute atomic E-state index is 0.178. The number of hydrogen-bond donors (Lipinski definition) is 2. The van der Waals surface area contributed by atoms with Crippen LogP contribution < -0.4 is 20.6 Å². The number of fused-ring (bicyclic) bond motifs is 3. The van der Waals surface area contributed by atoms with Crippen LogP contribution in [0.4, 0.5) is 17.1 Å². The van der Waals surface area contributed by atoms with Crippen molar-refractivity contribution >= 4 is 59.2 Å². The van der Waals surface area contributed by atoms with E-state index in [4.69, 9.17) is 14.1 Å². The zero-order valence-electron chi connectivity index (χ0n) is 36.0. The summed E-state index contributed by atoms with van der Waals surface area (Å²) in [5.74, 6) is -1.54. The van der Waals surface area contributed by atoms with Crippen molar-refractivity contribution in [1.82, 2.24) is 4.98 Å². The molecule has 9 rings (SSSR count). The van der Waals surface area contributed by atoms with Crippen LogP contribution in [0, 0.1) is 17.8 Å². The van der Waals surface area contributed by atoms with Crippen LogP contribution in [0.15, 0.2) is 175 Å². The van der Waals surface area contributed by atoms with Gasteiger partial charge < -0.3 is 19.6 Å². The number of carbonyl (C=O) groups is 2. The van der Waals surface area contributed by atoms with Gasteiger partial charge in [0.05, 0.1) is 42.5 Å². The molecule has 2 saturated heterocycles. The van der Waals surface area contributed by atoms with E-state index in [1.807, 2.05) is 109 Å². The van der Waals surface area contributed by atoms with Gasteiger partial charge in [-0.25, -0.2) is 0 Å². The van der Waals surface area contributed by atoms with Crippen molar-refractivity contribution in [2.75, 3.05) is 23.4 Å². The SMILES string of the molecule is CC(C)(C)[Si](OCC1=C2[C@@H](CC/C(=C/c3ccccc3O)c3ccccn3)OC[C@@H]2[C@@H]2C(=O)N(c3ccc(Nc4ccccc4)cc3)C(=O)[C@@H]2C1)(c1ccccc1)c1ccccc1. The molecule has 0 spiro atoms. The molecule has 0 bridgehead atoms. The lowest BCUT2D eigenvalue weighted by atomic mass is 9.69. The van der Waals surface area contributed by atoms with Gasteiger partial charge >= 0.3 is 0 Å². The number of phenolic OH excluding ortho intramolecular Hbond substituents is 1. The predicted octanol–water partition coefficient (Wildman–Crippen LogP) is 9.95. The molecule has 2 aliphatic heterocycles. The highest BCUT2D eigenvalue weighted by Crippen LogP contribution is 2.51. The Morgan fingerprint density at radius 3 is 2.03 bits per heavy atom. The average molecular weight is 852 g/mol. The van der Waals surface area contributed by atoms with Crippen LogP contribution in [0.5, 0.6) is 5.75 Å². The summed E-state index contributed by atoms with van der Waals surface area (Å²) in [6.45, 7) is 7.45. The molecule has 3 heterocycles. The summed E-state index contributed by atoms with van der Waals surface area (Å²) in [5, 5.41) is 16.3. The third kappa shape index (κ3) is 8.20. The number of phenols is 1. The summed E-state index contributed by atoms with van der Waals surface area (Å²) >= 11 is 0. The predicted molar refractivity (Wildman–Crippen MR) is 254 cm³/mol. The lowest BCUT2D eigenvalue weighted by Crippen LogP contribution is -2.66. The van der Waals surface area contributed by atoms with Crippen molar-refractivity contribution < 1.29 is 23.9 Å². The number of allylic oxidation sites excluding steroid dienone is 1. The molecular weight excluding hydrogens is 799 g/mol. The number of hydrogen-bond acceptors (Lipinski definition) is 7. The minimum Gasteiger partial charge on any atom is -0.507 e. The molecular formula is C54H53N3O5Si. The fraction of sp³-hybridized carbons (Fsp3) is 0.241. The number of para-hydroxylation sites is 2. The Balaban J connectivity index is 1.08. The second-order valence-corrected chi connectivity index (χ2v) is 22.1. The van der Waals surface area contributed by atoms with Crippen molar-refractivity contribution in [3.63, 3.8) is 0 Å². The number of nitrogens with zero attached hydrogens (tertiary/aromatic N) is 2. The molecule has 5 aromatic carbocycles. The number of nitrogens with one attached hydrogen (secondary N) is 1. The van der Waals surface area contributed by atoms with Crippen LogP contribution >= 0.6 is 0 Å². The normalized spacial score (nSPS) is 20.2. The van der Waals surface area contributed by atoms with E-state index < -0.39 is 20.2 Å². The van der Waals surface area contributed by atoms with Crippen molar-refractivity contribution in [2.45, 2.75) is 51.2 Å². The molecule has 6 aromatic rings. The van der Waals surface area contributed by atoms with Crippen LogP contribution in [-0.2, 0) is 18.8 Å². The summed E-state index contributed by atoms with van der Waals surface area (Å²) in [5.41, 5.74) is 7.01. The number of imide groups is 1. The molecule has 0 radical (unpaired) electrons. The van der Waals surface area contributed by atoms with Gasteiger partial charge in [0.25, 0.3) is 8.32 Å². The number of aromatic nitrogens is 1. The Hall–Kier alpha value is -6.39. The maximum Gasteiger partial charge on any atom is 0.261 e. The van der Waals surface area contributed by atoms with E-state index in [1.165, 1.54) is 15.3 Å². The Bertz CT molecular complexity index is 2590. The molecule has 8 nitrogen and oxygen atoms in total. The minimum atomic E-state index is -2.98. The molecule has 0 unspecified atom stereocenters. The number of ether oxygens (including phenoxy) is 1. The van der Waals surface area contributed by atoms with Crippen LogP contribution in [0.3, 0.4) is 0 Å². The molecule has 63 heavy (non-hydrogen) atoms. The summed E-state index contributed by atoms with van der Waals surface area (Å²) in [6.07, 6.45) is 5.09. The van der Waals surface area contributed by atoms with Crippen molar-refractivity contribution in [1.29, 1.82) is 0 Å². The summed E-state index contributed by atoms with van der Waals surface area (Å²) in [4.78, 5) is 35.5. The molecule has 3 aliphatic rings. The quantitative estimate of drug-likeness (QED) is 0.0678. The molecule has 318 valence electrons. The Morgan fingerprint density at radius 2 is 1.40 bits per heavy atom. The molecule has 0 saturated carbocycles. The van der Waals surface area contributed by atoms with Crippen molar-refractivity contribution in [2.24, 2.45) is 17.8 Å². The van der Waals surface area contributed by atoms with Gasteiger partial charge in [0, 0.05) is 29.1 Å². The number of rotatable bonds is 13. The van der Waals surface area contributed by atoms with E-state index in [2.05, 4.69) is 74.6 Å². The maximum atomic E-state index is 14.7. The van der Waals surface area contributed by atoms with Gasteiger partial charge in [-0.2, -0.15) is 0 Å². The highest BCUT2D eigenvalue weighted by Gasteiger charge is 2.58. The first-order valence-corrected chi connectivity index (χ1v) is 23.8. The van der Waals surface area contributed by atoms with E-state index in [0.717, 1.165) is 33.8 Å². The number of pyridine rings is 1. The van der Waals surface area contributed by atoms with Crippen molar-refractivity contribution in [3.8, 4) is 5.75 Å². The molecule has 4 atom stereocenters. The molecule has 1 aliphatic carbocycles. The Labute approximate surface area is 371 Å². The highest BCUT2D eigenvalue weighted by molar-refractivity contribution is 6.99. The van der Waals surface area contributed by atoms with Gasteiger partial charge in [0.1, 0.15) is 5.75 Å². The van der Waals surface area contributed by atoms with Crippen LogP contribution in [0.2, 0.25) is 5.04 Å². The van der Waals surface area contributed by atoms with E-state index in [1.54, 1.807) is 12.3 Å². The summed E-state index contributed by atoms with van der Waals surface area (Å²) in [6, 6.07) is 51.8. The molecule has 2 N–H and O–H groups in total. The van der Waals surface area contributed by atoms with Gasteiger partial charge in [-0.05, 0) is 112 Å². The fourth-order valence-corrected chi connectivity index (χ4v) is 14.7. The molecule has 2 fully saturated rings. The second-order valence-electron chi connectivity index (χ2n) is 17.8. The lowest BCUT2D eigenvalue weighted by Gasteiger charge is -2.44. The first kappa shape index (κ1) is 41.9. The number of aromatic hydroxyl groups is 1. The molecule has 9 heteroatoms. The van der Waals surface area contributed by atoms with Gasteiger partial charge in [-0.15, -0.1) is 0 Å². The Morgan fingerprint density at radius 1 is 0.778 bits per heavy atom. The van der Waals surface area contributed by atoms with Gasteiger partial charge in [-0.1, -0.05) is 124 Å². The van der Waals surface area contributed by atoms with Crippen LogP contribution in [0.1, 0.15) is 51.3 Å². The third-order valence-electron chi connectivity index (χ3n) is 13.0. The smallest absolute Gasteiger partial charge is 0.261 e. The zero-order valence-corrected chi connectivity index (χ0v) is 37.0. The first-order chi connectivity index (χ1) is 30.6. The van der Waals surface area contributed by atoms with Gasteiger partial charge in [-0.3, -0.25) is 19.5 Å². The van der Waals surface area contributed by atoms with E-state index >= 15 is 0 Å². The van der Waals surface area contributed by atoms with Crippen molar-refractivity contribution in [3.05, 3.63) is 186 Å². The highest BCUT2D eigenvalue weighted by atomic mass is 28.4. The number of anilines is 3. The third-order valence-corrected chi connectivity index (χ3v) is 18.0. The fourth-order valence-electron chi connectivity index (χ4n) is 10.1. The summed E-state index contributed by atoms with van der Waals surface area (Å²) in [7, 11) is -2.98. The van der Waals surface area contributed by atoms with Gasteiger partial charge in [0.15, 0.2) is 0 Å². The second kappa shape index (κ2) is 17.8. The zero-order chi connectivity index (χ0) is 43.6. The van der Waals surface area contributed by atoms with E-state index in [-0.39, 0.29) is 34.6 Å². The van der Waals surface area contributed by atoms with Crippen LogP contribution in [0.25, 0.3) is 11.6 Å².